The number of aliphatic hydroxyl groups excluding tert-OH is 1. The Hall–Kier alpha value is -0.770. The first kappa shape index (κ1) is 17.3. The summed E-state index contributed by atoms with van der Waals surface area (Å²) < 4.78 is 0. The summed E-state index contributed by atoms with van der Waals surface area (Å²) in [5, 5.41) is 13.5. The Morgan fingerprint density at radius 1 is 1.35 bits per heavy atom. The van der Waals surface area contributed by atoms with Crippen molar-refractivity contribution in [1.29, 1.82) is 0 Å². The van der Waals surface area contributed by atoms with Gasteiger partial charge in [0.15, 0.2) is 0 Å². The molecule has 0 saturated carbocycles. The summed E-state index contributed by atoms with van der Waals surface area (Å²) in [5.74, 6) is 0. The predicted octanol–water partition coefficient (Wildman–Crippen LogP) is 3.44. The number of rotatable bonds is 6. The van der Waals surface area contributed by atoms with E-state index in [1.807, 2.05) is 20.0 Å². The van der Waals surface area contributed by atoms with Crippen LogP contribution >= 0.6 is 11.6 Å². The minimum atomic E-state index is -0.275. The Kier molecular flexibility index (Phi) is 6.31. The Bertz CT molecular complexity index is 427. The van der Waals surface area contributed by atoms with E-state index in [2.05, 4.69) is 43.1 Å². The van der Waals surface area contributed by atoms with E-state index in [-0.39, 0.29) is 11.6 Å². The number of hydrogen-bond donors (Lipinski definition) is 2. The van der Waals surface area contributed by atoms with Crippen molar-refractivity contribution in [2.24, 2.45) is 0 Å². The van der Waals surface area contributed by atoms with Crippen LogP contribution in [-0.4, -0.2) is 30.3 Å². The zero-order valence-electron chi connectivity index (χ0n) is 13.2. The molecule has 3 nitrogen and oxygen atoms in total. The van der Waals surface area contributed by atoms with E-state index in [9.17, 15) is 5.11 Å². The van der Waals surface area contributed by atoms with Crippen molar-refractivity contribution in [2.45, 2.75) is 52.3 Å². The van der Waals surface area contributed by atoms with Crippen LogP contribution in [0.2, 0.25) is 5.02 Å². The fourth-order valence-electron chi connectivity index (χ4n) is 1.79. The van der Waals surface area contributed by atoms with E-state index >= 15 is 0 Å². The smallest absolute Gasteiger partial charge is 0.0528 e. The van der Waals surface area contributed by atoms with Crippen LogP contribution in [0.1, 0.15) is 39.7 Å². The van der Waals surface area contributed by atoms with Gasteiger partial charge in [-0.2, -0.15) is 0 Å². The third-order valence-corrected chi connectivity index (χ3v) is 3.52. The molecule has 0 saturated heterocycles. The van der Waals surface area contributed by atoms with Crippen molar-refractivity contribution < 1.29 is 5.11 Å². The van der Waals surface area contributed by atoms with Gasteiger partial charge in [-0.15, -0.1) is 0 Å². The average molecular weight is 299 g/mol. The summed E-state index contributed by atoms with van der Waals surface area (Å²) in [5.41, 5.74) is 2.26. The van der Waals surface area contributed by atoms with Gasteiger partial charge in [0.05, 0.1) is 6.10 Å². The normalized spacial score (nSPS) is 13.3. The summed E-state index contributed by atoms with van der Waals surface area (Å²) >= 11 is 6.35. The lowest BCUT2D eigenvalue weighted by molar-refractivity contribution is 0.187. The van der Waals surface area contributed by atoms with Gasteiger partial charge < -0.3 is 15.3 Å². The van der Waals surface area contributed by atoms with E-state index in [0.29, 0.717) is 0 Å². The van der Waals surface area contributed by atoms with E-state index in [4.69, 9.17) is 11.6 Å². The molecule has 0 aliphatic rings. The van der Waals surface area contributed by atoms with Crippen molar-refractivity contribution in [2.75, 3.05) is 18.5 Å². The number of benzene rings is 1. The molecule has 1 unspecified atom stereocenters. The van der Waals surface area contributed by atoms with Gasteiger partial charge in [0.1, 0.15) is 0 Å². The Morgan fingerprint density at radius 3 is 2.50 bits per heavy atom. The highest BCUT2D eigenvalue weighted by atomic mass is 35.5. The SMILES string of the molecule is CC(O)CCN(C)c1ccc(CNC(C)(C)C)c(Cl)c1. The third-order valence-electron chi connectivity index (χ3n) is 3.17. The second kappa shape index (κ2) is 7.30. The van der Waals surface area contributed by atoms with E-state index in [1.165, 1.54) is 0 Å². The Labute approximate surface area is 127 Å². The van der Waals surface area contributed by atoms with Gasteiger partial charge >= 0.3 is 0 Å². The van der Waals surface area contributed by atoms with Crippen molar-refractivity contribution in [3.05, 3.63) is 28.8 Å². The number of halogens is 1. The summed E-state index contributed by atoms with van der Waals surface area (Å²) in [6.07, 6.45) is 0.477. The molecule has 2 N–H and O–H groups in total. The average Bonchev–Trinajstić information content (AvgIpc) is 2.33. The van der Waals surface area contributed by atoms with Gasteiger partial charge in [0.25, 0.3) is 0 Å². The van der Waals surface area contributed by atoms with Crippen LogP contribution in [0.25, 0.3) is 0 Å². The second-order valence-electron chi connectivity index (χ2n) is 6.44. The van der Waals surface area contributed by atoms with Gasteiger partial charge in [-0.05, 0) is 51.8 Å². The molecule has 0 aromatic heterocycles. The molecule has 0 amide bonds. The molecule has 1 aromatic carbocycles. The molecule has 0 aliphatic carbocycles. The first-order valence-electron chi connectivity index (χ1n) is 7.11. The lowest BCUT2D eigenvalue weighted by Gasteiger charge is -2.23. The predicted molar refractivity (Wildman–Crippen MR) is 87.6 cm³/mol. The number of hydrogen-bond acceptors (Lipinski definition) is 3. The first-order valence-corrected chi connectivity index (χ1v) is 7.49. The molecule has 0 fully saturated rings. The van der Waals surface area contributed by atoms with Gasteiger partial charge in [-0.1, -0.05) is 17.7 Å². The van der Waals surface area contributed by atoms with E-state index < -0.39 is 0 Å². The van der Waals surface area contributed by atoms with Crippen molar-refractivity contribution in [1.82, 2.24) is 5.32 Å². The molecule has 0 bridgehead atoms. The fourth-order valence-corrected chi connectivity index (χ4v) is 2.03. The Balaban J connectivity index is 2.67. The minimum absolute atomic E-state index is 0.0794. The van der Waals surface area contributed by atoms with Crippen LogP contribution in [-0.2, 0) is 6.54 Å². The van der Waals surface area contributed by atoms with Crippen molar-refractivity contribution in [3.8, 4) is 0 Å². The van der Waals surface area contributed by atoms with Crippen LogP contribution in [0.5, 0.6) is 0 Å². The molecular formula is C16H27ClN2O. The zero-order chi connectivity index (χ0) is 15.3. The number of nitrogens with zero attached hydrogens (tertiary/aromatic N) is 1. The van der Waals surface area contributed by atoms with Crippen LogP contribution in [0.15, 0.2) is 18.2 Å². The minimum Gasteiger partial charge on any atom is -0.393 e. The maximum Gasteiger partial charge on any atom is 0.0528 e. The Morgan fingerprint density at radius 2 is 2.00 bits per heavy atom. The molecule has 1 atom stereocenters. The molecular weight excluding hydrogens is 272 g/mol. The molecule has 0 heterocycles. The molecule has 1 rings (SSSR count). The highest BCUT2D eigenvalue weighted by Crippen LogP contribution is 2.23. The standard InChI is InChI=1S/C16H27ClN2O/c1-12(20)8-9-19(5)14-7-6-13(15(17)10-14)11-18-16(2,3)4/h6-7,10,12,18,20H,8-9,11H2,1-5H3. The first-order chi connectivity index (χ1) is 9.19. The fraction of sp³-hybridized carbons (Fsp3) is 0.625. The van der Waals surface area contributed by atoms with Crippen LogP contribution in [0.4, 0.5) is 5.69 Å². The molecule has 114 valence electrons. The highest BCUT2D eigenvalue weighted by molar-refractivity contribution is 6.31. The summed E-state index contributed by atoms with van der Waals surface area (Å²) in [4.78, 5) is 2.11. The highest BCUT2D eigenvalue weighted by Gasteiger charge is 2.11. The summed E-state index contributed by atoms with van der Waals surface area (Å²) in [6.45, 7) is 9.80. The van der Waals surface area contributed by atoms with Gasteiger partial charge in [0.2, 0.25) is 0 Å². The molecule has 0 radical (unpaired) electrons. The number of aliphatic hydroxyl groups is 1. The largest absolute Gasteiger partial charge is 0.393 e. The van der Waals surface area contributed by atoms with Gasteiger partial charge in [-0.3, -0.25) is 0 Å². The van der Waals surface area contributed by atoms with E-state index in [0.717, 1.165) is 35.8 Å². The molecule has 4 heteroatoms. The quantitative estimate of drug-likeness (QED) is 0.844. The lowest BCUT2D eigenvalue weighted by Crippen LogP contribution is -2.35. The molecule has 20 heavy (non-hydrogen) atoms. The van der Waals surface area contributed by atoms with Crippen LogP contribution in [0, 0.1) is 0 Å². The van der Waals surface area contributed by atoms with E-state index in [1.54, 1.807) is 0 Å². The van der Waals surface area contributed by atoms with Crippen LogP contribution in [0.3, 0.4) is 0 Å². The van der Waals surface area contributed by atoms with Crippen molar-refractivity contribution >= 4 is 17.3 Å². The summed E-state index contributed by atoms with van der Waals surface area (Å²) in [6, 6.07) is 6.13. The topological polar surface area (TPSA) is 35.5 Å². The number of anilines is 1. The van der Waals surface area contributed by atoms with Gasteiger partial charge in [-0.25, -0.2) is 0 Å². The molecule has 0 aliphatic heterocycles. The number of nitrogens with one attached hydrogen (secondary N) is 1. The maximum absolute atomic E-state index is 9.33. The third kappa shape index (κ3) is 6.12. The summed E-state index contributed by atoms with van der Waals surface area (Å²) in [7, 11) is 2.01. The van der Waals surface area contributed by atoms with Crippen LogP contribution < -0.4 is 10.2 Å². The monoisotopic (exact) mass is 298 g/mol. The molecule has 0 spiro atoms. The zero-order valence-corrected chi connectivity index (χ0v) is 14.0. The second-order valence-corrected chi connectivity index (χ2v) is 6.85. The lowest BCUT2D eigenvalue weighted by atomic mass is 10.1. The van der Waals surface area contributed by atoms with Gasteiger partial charge in [0, 0.05) is 36.4 Å². The maximum atomic E-state index is 9.33. The molecule has 1 aromatic rings. The van der Waals surface area contributed by atoms with Crippen molar-refractivity contribution in [3.63, 3.8) is 0 Å².